The molecular formula is C29H25ClF2N4O4. The number of aromatic amines is 2. The lowest BCUT2D eigenvalue weighted by Crippen LogP contribution is -2.25. The van der Waals surface area contributed by atoms with Crippen LogP contribution in [0.4, 0.5) is 8.78 Å². The lowest BCUT2D eigenvalue weighted by atomic mass is 9.85. The highest BCUT2D eigenvalue weighted by atomic mass is 35.5. The van der Waals surface area contributed by atoms with Crippen LogP contribution in [0.15, 0.2) is 70.3 Å². The van der Waals surface area contributed by atoms with Crippen molar-refractivity contribution in [2.75, 3.05) is 14.2 Å². The molecule has 0 unspecified atom stereocenters. The Morgan fingerprint density at radius 1 is 0.725 bits per heavy atom. The molecule has 0 bridgehead atoms. The van der Waals surface area contributed by atoms with Crippen LogP contribution < -0.4 is 20.6 Å². The van der Waals surface area contributed by atoms with Gasteiger partial charge in [-0.25, -0.2) is 18.1 Å². The molecule has 3 aromatic carbocycles. The summed E-state index contributed by atoms with van der Waals surface area (Å²) in [5.74, 6) is -1.12. The number of rotatable bonds is 7. The number of benzene rings is 3. The van der Waals surface area contributed by atoms with E-state index in [1.807, 2.05) is 0 Å². The van der Waals surface area contributed by atoms with Crippen LogP contribution in [0, 0.1) is 25.5 Å². The molecule has 0 atom stereocenters. The summed E-state index contributed by atoms with van der Waals surface area (Å²) in [4.78, 5) is 27.9. The molecule has 40 heavy (non-hydrogen) atoms. The third kappa shape index (κ3) is 4.60. The topological polar surface area (TPSA) is 94.0 Å². The SMILES string of the molecule is COc1cc(Cl)c(C(c2c(C)[nH]n(-c3ccc(F)cc3)c2=O)c2c(C)[nH]n(-c3ccc(F)cc3)c2=O)cc1OC. The molecule has 206 valence electrons. The number of aromatic nitrogens is 4. The second kappa shape index (κ2) is 10.5. The van der Waals surface area contributed by atoms with Crippen molar-refractivity contribution in [3.63, 3.8) is 0 Å². The number of aryl methyl sites for hydroxylation is 2. The zero-order chi connectivity index (χ0) is 28.7. The number of methoxy groups -OCH3 is 2. The minimum atomic E-state index is -0.955. The van der Waals surface area contributed by atoms with Gasteiger partial charge in [0.15, 0.2) is 11.5 Å². The van der Waals surface area contributed by atoms with E-state index < -0.39 is 28.7 Å². The number of hydrogen-bond acceptors (Lipinski definition) is 4. The van der Waals surface area contributed by atoms with E-state index in [-0.39, 0.29) is 16.1 Å². The van der Waals surface area contributed by atoms with E-state index in [9.17, 15) is 18.4 Å². The highest BCUT2D eigenvalue weighted by Crippen LogP contribution is 2.41. The first kappa shape index (κ1) is 27.0. The predicted octanol–water partition coefficient (Wildman–Crippen LogP) is 5.39. The molecule has 2 aromatic heterocycles. The second-order valence-corrected chi connectivity index (χ2v) is 9.60. The van der Waals surface area contributed by atoms with Crippen molar-refractivity contribution in [1.82, 2.24) is 19.6 Å². The Labute approximate surface area is 232 Å². The summed E-state index contributed by atoms with van der Waals surface area (Å²) in [5.41, 5.74) is 1.79. The van der Waals surface area contributed by atoms with Crippen LogP contribution >= 0.6 is 11.6 Å². The first-order valence-corrected chi connectivity index (χ1v) is 12.6. The van der Waals surface area contributed by atoms with Gasteiger partial charge in [-0.2, -0.15) is 0 Å². The quantitative estimate of drug-likeness (QED) is 0.276. The molecule has 8 nitrogen and oxygen atoms in total. The molecule has 5 aromatic rings. The minimum Gasteiger partial charge on any atom is -0.493 e. The number of hydrogen-bond donors (Lipinski definition) is 2. The Balaban J connectivity index is 1.81. The van der Waals surface area contributed by atoms with Crippen molar-refractivity contribution in [2.24, 2.45) is 0 Å². The van der Waals surface area contributed by atoms with E-state index in [1.54, 1.807) is 26.0 Å². The van der Waals surface area contributed by atoms with Gasteiger partial charge in [-0.1, -0.05) is 11.6 Å². The summed E-state index contributed by atoms with van der Waals surface area (Å²) in [6, 6.07) is 14.1. The molecule has 0 aliphatic rings. The second-order valence-electron chi connectivity index (χ2n) is 9.20. The van der Waals surface area contributed by atoms with E-state index in [1.165, 1.54) is 72.1 Å². The van der Waals surface area contributed by atoms with Gasteiger partial charge in [-0.15, -0.1) is 0 Å². The molecule has 2 N–H and O–H groups in total. The van der Waals surface area contributed by atoms with Gasteiger partial charge in [0.2, 0.25) is 0 Å². The fourth-order valence-corrected chi connectivity index (χ4v) is 5.15. The average Bonchev–Trinajstić information content (AvgIpc) is 3.40. The van der Waals surface area contributed by atoms with Gasteiger partial charge < -0.3 is 9.47 Å². The largest absolute Gasteiger partial charge is 0.493 e. The Morgan fingerprint density at radius 2 is 1.12 bits per heavy atom. The van der Waals surface area contributed by atoms with Crippen molar-refractivity contribution in [3.8, 4) is 22.9 Å². The molecule has 0 spiro atoms. The molecule has 2 heterocycles. The number of nitrogens with one attached hydrogen (secondary N) is 2. The number of ether oxygens (including phenoxy) is 2. The summed E-state index contributed by atoms with van der Waals surface area (Å²) >= 11 is 6.77. The number of H-pyrrole nitrogens is 2. The molecule has 0 saturated carbocycles. The normalized spacial score (nSPS) is 11.3. The standard InChI is InChI=1S/C29H25ClF2N4O4/c1-15-25(28(37)35(33-15)19-9-5-17(31)6-10-19)27(21-13-23(39-3)24(40-4)14-22(21)30)26-16(2)34-36(29(26)38)20-11-7-18(32)8-12-20/h5-14,27,33-34H,1-4H3. The van der Waals surface area contributed by atoms with Gasteiger partial charge in [-0.3, -0.25) is 19.8 Å². The maximum absolute atomic E-state index is 14.0. The van der Waals surface area contributed by atoms with Crippen molar-refractivity contribution in [3.05, 3.63) is 126 Å². The number of nitrogens with zero attached hydrogens (tertiary/aromatic N) is 2. The Bertz CT molecular complexity index is 1720. The van der Waals surface area contributed by atoms with Gasteiger partial charge in [0.05, 0.1) is 42.6 Å². The summed E-state index contributed by atoms with van der Waals surface area (Å²) in [5, 5.41) is 6.33. The molecule has 0 fully saturated rings. The Hall–Kier alpha value is -4.57. The highest BCUT2D eigenvalue weighted by Gasteiger charge is 2.33. The molecule has 0 aliphatic heterocycles. The van der Waals surface area contributed by atoms with Gasteiger partial charge in [0.25, 0.3) is 11.1 Å². The maximum Gasteiger partial charge on any atom is 0.275 e. The van der Waals surface area contributed by atoms with Crippen molar-refractivity contribution in [2.45, 2.75) is 19.8 Å². The zero-order valence-electron chi connectivity index (χ0n) is 22.0. The zero-order valence-corrected chi connectivity index (χ0v) is 22.8. The predicted molar refractivity (Wildman–Crippen MR) is 148 cm³/mol. The fraction of sp³-hybridized carbons (Fsp3) is 0.172. The molecule has 11 heteroatoms. The van der Waals surface area contributed by atoms with E-state index >= 15 is 0 Å². The monoisotopic (exact) mass is 566 g/mol. The van der Waals surface area contributed by atoms with E-state index in [0.717, 1.165) is 0 Å². The molecule has 0 radical (unpaired) electrons. The van der Waals surface area contributed by atoms with Crippen LogP contribution in [-0.2, 0) is 0 Å². The molecule has 5 rings (SSSR count). The Morgan fingerprint density at radius 3 is 1.52 bits per heavy atom. The maximum atomic E-state index is 14.0. The average molecular weight is 567 g/mol. The van der Waals surface area contributed by atoms with Crippen LogP contribution in [0.5, 0.6) is 11.5 Å². The van der Waals surface area contributed by atoms with E-state index in [0.29, 0.717) is 39.8 Å². The molecule has 0 saturated heterocycles. The third-order valence-corrected chi connectivity index (χ3v) is 7.12. The van der Waals surface area contributed by atoms with Gasteiger partial charge >= 0.3 is 0 Å². The number of halogens is 3. The highest BCUT2D eigenvalue weighted by molar-refractivity contribution is 6.31. The summed E-state index contributed by atoms with van der Waals surface area (Å²) in [6.07, 6.45) is 0. The van der Waals surface area contributed by atoms with Gasteiger partial charge in [-0.05, 0) is 74.0 Å². The first-order chi connectivity index (χ1) is 19.1. The van der Waals surface area contributed by atoms with Gasteiger partial charge in [0, 0.05) is 22.5 Å². The first-order valence-electron chi connectivity index (χ1n) is 12.2. The molecular weight excluding hydrogens is 542 g/mol. The van der Waals surface area contributed by atoms with Crippen molar-refractivity contribution in [1.29, 1.82) is 0 Å². The smallest absolute Gasteiger partial charge is 0.275 e. The van der Waals surface area contributed by atoms with Crippen LogP contribution in [-0.4, -0.2) is 33.8 Å². The molecule has 0 aliphatic carbocycles. The van der Waals surface area contributed by atoms with Crippen molar-refractivity contribution >= 4 is 11.6 Å². The van der Waals surface area contributed by atoms with Gasteiger partial charge in [0.1, 0.15) is 11.6 Å². The summed E-state index contributed by atoms with van der Waals surface area (Å²) in [6.45, 7) is 3.41. The van der Waals surface area contributed by atoms with Crippen LogP contribution in [0.3, 0.4) is 0 Å². The van der Waals surface area contributed by atoms with Crippen LogP contribution in [0.25, 0.3) is 11.4 Å². The Kier molecular flexibility index (Phi) is 7.12. The summed E-state index contributed by atoms with van der Waals surface area (Å²) < 4.78 is 40.7. The minimum absolute atomic E-state index is 0.240. The lowest BCUT2D eigenvalue weighted by molar-refractivity contribution is 0.354. The van der Waals surface area contributed by atoms with Crippen molar-refractivity contribution < 1.29 is 18.3 Å². The molecule has 0 amide bonds. The third-order valence-electron chi connectivity index (χ3n) is 6.79. The van der Waals surface area contributed by atoms with Crippen LogP contribution in [0.2, 0.25) is 5.02 Å². The summed E-state index contributed by atoms with van der Waals surface area (Å²) in [7, 11) is 2.94. The van der Waals surface area contributed by atoms with E-state index in [4.69, 9.17) is 21.1 Å². The van der Waals surface area contributed by atoms with Crippen LogP contribution in [0.1, 0.15) is 34.0 Å². The fourth-order valence-electron chi connectivity index (χ4n) is 4.89. The van der Waals surface area contributed by atoms with E-state index in [2.05, 4.69) is 10.2 Å². The lowest BCUT2D eigenvalue weighted by Gasteiger charge is -2.19.